The molecule has 1 aromatic rings. The van der Waals surface area contributed by atoms with Crippen LogP contribution in [0, 0.1) is 12.8 Å². The fourth-order valence-corrected chi connectivity index (χ4v) is 2.34. The Kier molecular flexibility index (Phi) is 4.25. The van der Waals surface area contributed by atoms with Gasteiger partial charge in [0.2, 0.25) is 0 Å². The minimum atomic E-state index is -0.982. The molecule has 1 unspecified atom stereocenters. The molecule has 2 rings (SSSR count). The third-order valence-corrected chi connectivity index (χ3v) is 3.66. The number of aldehydes is 1. The summed E-state index contributed by atoms with van der Waals surface area (Å²) in [4.78, 5) is 23.2. The first-order valence-corrected chi connectivity index (χ1v) is 6.64. The Morgan fingerprint density at radius 2 is 2.20 bits per heavy atom. The van der Waals surface area contributed by atoms with Crippen molar-refractivity contribution in [2.45, 2.75) is 33.4 Å². The van der Waals surface area contributed by atoms with Crippen LogP contribution in [0.4, 0.5) is 0 Å². The van der Waals surface area contributed by atoms with E-state index in [1.54, 1.807) is 19.1 Å². The van der Waals surface area contributed by atoms with Gasteiger partial charge < -0.3 is 19.8 Å². The molecule has 1 aliphatic heterocycles. The molecule has 1 heterocycles. The zero-order valence-electron chi connectivity index (χ0n) is 11.8. The SMILES string of the molecule is Cc1c(C(=O)NC(C=O)C(C)C)ccc2c1B(O)OC2. The van der Waals surface area contributed by atoms with Crippen LogP contribution < -0.4 is 10.8 Å². The lowest BCUT2D eigenvalue weighted by Crippen LogP contribution is -2.41. The van der Waals surface area contributed by atoms with Crippen molar-refractivity contribution in [2.75, 3.05) is 0 Å². The highest BCUT2D eigenvalue weighted by atomic mass is 16.5. The molecule has 106 valence electrons. The van der Waals surface area contributed by atoms with Gasteiger partial charge in [0.05, 0.1) is 12.6 Å². The lowest BCUT2D eigenvalue weighted by molar-refractivity contribution is -0.110. The number of hydrogen-bond acceptors (Lipinski definition) is 4. The molecule has 0 saturated carbocycles. The Bertz CT molecular complexity index is 544. The van der Waals surface area contributed by atoms with Gasteiger partial charge in [-0.05, 0) is 35.5 Å². The summed E-state index contributed by atoms with van der Waals surface area (Å²) in [5.41, 5.74) is 2.70. The van der Waals surface area contributed by atoms with E-state index in [1.807, 2.05) is 13.8 Å². The van der Waals surface area contributed by atoms with Crippen LogP contribution in [0.5, 0.6) is 0 Å². The fourth-order valence-electron chi connectivity index (χ4n) is 2.34. The average molecular weight is 275 g/mol. The first kappa shape index (κ1) is 14.7. The van der Waals surface area contributed by atoms with Crippen LogP contribution in [0.3, 0.4) is 0 Å². The minimum Gasteiger partial charge on any atom is -0.423 e. The highest BCUT2D eigenvalue weighted by Crippen LogP contribution is 2.16. The number of hydrogen-bond donors (Lipinski definition) is 2. The lowest BCUT2D eigenvalue weighted by atomic mass is 9.75. The van der Waals surface area contributed by atoms with Gasteiger partial charge in [-0.3, -0.25) is 4.79 Å². The molecule has 2 N–H and O–H groups in total. The molecular formula is C14H18BNO4. The molecule has 20 heavy (non-hydrogen) atoms. The molecule has 0 saturated heterocycles. The maximum absolute atomic E-state index is 12.3. The molecule has 0 bridgehead atoms. The van der Waals surface area contributed by atoms with Crippen molar-refractivity contribution in [2.24, 2.45) is 5.92 Å². The summed E-state index contributed by atoms with van der Waals surface area (Å²) in [5, 5.41) is 12.5. The predicted molar refractivity (Wildman–Crippen MR) is 75.7 cm³/mol. The molecule has 1 atom stereocenters. The second kappa shape index (κ2) is 5.77. The summed E-state index contributed by atoms with van der Waals surface area (Å²) >= 11 is 0. The molecule has 1 amide bonds. The number of amides is 1. The summed E-state index contributed by atoms with van der Waals surface area (Å²) in [6, 6.07) is 2.96. The number of fused-ring (bicyclic) bond motifs is 1. The predicted octanol–water partition coefficient (Wildman–Crippen LogP) is 0.166. The molecule has 0 fully saturated rings. The van der Waals surface area contributed by atoms with Gasteiger partial charge in [0, 0.05) is 5.56 Å². The number of nitrogens with one attached hydrogen (secondary N) is 1. The van der Waals surface area contributed by atoms with Crippen LogP contribution in [0.25, 0.3) is 0 Å². The molecule has 6 heteroatoms. The van der Waals surface area contributed by atoms with E-state index >= 15 is 0 Å². The van der Waals surface area contributed by atoms with Gasteiger partial charge in [-0.1, -0.05) is 19.9 Å². The van der Waals surface area contributed by atoms with E-state index in [0.29, 0.717) is 23.2 Å². The van der Waals surface area contributed by atoms with E-state index < -0.39 is 13.2 Å². The fraction of sp³-hybridized carbons (Fsp3) is 0.429. The molecule has 5 nitrogen and oxygen atoms in total. The van der Waals surface area contributed by atoms with Crippen LogP contribution in [0.2, 0.25) is 0 Å². The van der Waals surface area contributed by atoms with Gasteiger partial charge in [0.25, 0.3) is 5.91 Å². The summed E-state index contributed by atoms with van der Waals surface area (Å²) in [6.07, 6.45) is 0.739. The van der Waals surface area contributed by atoms with E-state index in [2.05, 4.69) is 5.32 Å². The second-order valence-corrected chi connectivity index (χ2v) is 5.35. The van der Waals surface area contributed by atoms with Crippen LogP contribution >= 0.6 is 0 Å². The monoisotopic (exact) mass is 275 g/mol. The lowest BCUT2D eigenvalue weighted by Gasteiger charge is -2.17. The maximum atomic E-state index is 12.3. The molecule has 0 spiro atoms. The van der Waals surface area contributed by atoms with Crippen LogP contribution in [-0.4, -0.2) is 30.4 Å². The Hall–Kier alpha value is -1.66. The largest absolute Gasteiger partial charge is 0.492 e. The number of carbonyl (C=O) groups excluding carboxylic acids is 2. The van der Waals surface area contributed by atoms with Gasteiger partial charge in [-0.25, -0.2) is 0 Å². The third-order valence-electron chi connectivity index (χ3n) is 3.66. The Morgan fingerprint density at radius 1 is 1.50 bits per heavy atom. The van der Waals surface area contributed by atoms with Gasteiger partial charge in [-0.15, -0.1) is 0 Å². The highest BCUT2D eigenvalue weighted by molar-refractivity contribution is 6.62. The third kappa shape index (κ3) is 2.62. The van der Waals surface area contributed by atoms with E-state index in [9.17, 15) is 14.6 Å². The first-order chi connectivity index (χ1) is 9.45. The molecule has 0 aromatic heterocycles. The van der Waals surface area contributed by atoms with Crippen molar-refractivity contribution in [1.82, 2.24) is 5.32 Å². The number of benzene rings is 1. The average Bonchev–Trinajstić information content (AvgIpc) is 2.78. The van der Waals surface area contributed by atoms with Crippen LogP contribution in [-0.2, 0) is 16.1 Å². The van der Waals surface area contributed by atoms with Gasteiger partial charge in [0.1, 0.15) is 6.29 Å². The summed E-state index contributed by atoms with van der Waals surface area (Å²) in [6.45, 7) is 5.86. The van der Waals surface area contributed by atoms with Crippen molar-refractivity contribution in [3.05, 3.63) is 28.8 Å². The van der Waals surface area contributed by atoms with Crippen LogP contribution in [0.15, 0.2) is 12.1 Å². The Balaban J connectivity index is 2.28. The normalized spacial score (nSPS) is 15.2. The number of carbonyl (C=O) groups is 2. The quantitative estimate of drug-likeness (QED) is 0.606. The first-order valence-electron chi connectivity index (χ1n) is 6.64. The zero-order valence-corrected chi connectivity index (χ0v) is 11.8. The Morgan fingerprint density at radius 3 is 2.80 bits per heavy atom. The standard InChI is InChI=1S/C14H18BNO4/c1-8(2)12(6-17)16-14(18)11-5-4-10-7-20-15(19)13(10)9(11)3/h4-6,8,12,19H,7H2,1-3H3,(H,16,18). The van der Waals surface area contributed by atoms with Gasteiger partial charge >= 0.3 is 7.12 Å². The zero-order chi connectivity index (χ0) is 14.9. The van der Waals surface area contributed by atoms with Crippen molar-refractivity contribution in [3.8, 4) is 0 Å². The summed E-state index contributed by atoms with van der Waals surface area (Å²) in [7, 11) is -0.982. The van der Waals surface area contributed by atoms with Gasteiger partial charge in [0.15, 0.2) is 0 Å². The maximum Gasteiger partial charge on any atom is 0.492 e. The molecule has 0 aliphatic carbocycles. The van der Waals surface area contributed by atoms with E-state index in [1.165, 1.54) is 0 Å². The second-order valence-electron chi connectivity index (χ2n) is 5.35. The summed E-state index contributed by atoms with van der Waals surface area (Å²) < 4.78 is 5.15. The van der Waals surface area contributed by atoms with Crippen molar-refractivity contribution >= 4 is 24.8 Å². The van der Waals surface area contributed by atoms with E-state index in [-0.39, 0.29) is 11.8 Å². The number of rotatable bonds is 4. The van der Waals surface area contributed by atoms with Crippen molar-refractivity contribution < 1.29 is 19.3 Å². The topological polar surface area (TPSA) is 75.6 Å². The smallest absolute Gasteiger partial charge is 0.423 e. The van der Waals surface area contributed by atoms with Crippen molar-refractivity contribution in [1.29, 1.82) is 0 Å². The Labute approximate surface area is 118 Å². The minimum absolute atomic E-state index is 0.0279. The van der Waals surface area contributed by atoms with E-state index in [4.69, 9.17) is 4.65 Å². The molecular weight excluding hydrogens is 257 g/mol. The summed E-state index contributed by atoms with van der Waals surface area (Å²) in [5.74, 6) is -0.282. The van der Waals surface area contributed by atoms with Crippen LogP contribution in [0.1, 0.15) is 35.3 Å². The van der Waals surface area contributed by atoms with E-state index in [0.717, 1.165) is 11.8 Å². The molecule has 1 aromatic carbocycles. The van der Waals surface area contributed by atoms with Gasteiger partial charge in [-0.2, -0.15) is 0 Å². The highest BCUT2D eigenvalue weighted by Gasteiger charge is 2.31. The van der Waals surface area contributed by atoms with Crippen molar-refractivity contribution in [3.63, 3.8) is 0 Å². The molecule has 1 aliphatic rings. The molecule has 0 radical (unpaired) electrons.